The van der Waals surface area contributed by atoms with E-state index in [0.717, 1.165) is 0 Å². The van der Waals surface area contributed by atoms with Crippen LogP contribution in [0.1, 0.15) is 5.56 Å². The quantitative estimate of drug-likeness (QED) is 0.720. The van der Waals surface area contributed by atoms with Crippen LogP contribution in [0.4, 0.5) is 0 Å². The lowest BCUT2D eigenvalue weighted by Gasteiger charge is -1.92. The van der Waals surface area contributed by atoms with Gasteiger partial charge < -0.3 is 0 Å². The van der Waals surface area contributed by atoms with Crippen molar-refractivity contribution in [1.29, 1.82) is 0 Å². The SMILES string of the molecule is O=S1(=O)N=Cc2ccccc21.c1cscn1. The first-order valence-corrected chi connectivity index (χ1v) is 6.80. The molecule has 16 heavy (non-hydrogen) atoms. The molecule has 0 saturated carbocycles. The maximum atomic E-state index is 11.1. The van der Waals surface area contributed by atoms with E-state index in [-0.39, 0.29) is 0 Å². The van der Waals surface area contributed by atoms with Crippen LogP contribution in [0.2, 0.25) is 0 Å². The number of nitrogens with zero attached hydrogens (tertiary/aromatic N) is 2. The van der Waals surface area contributed by atoms with Crippen molar-refractivity contribution in [2.75, 3.05) is 0 Å². The Morgan fingerprint density at radius 2 is 2.00 bits per heavy atom. The first-order valence-electron chi connectivity index (χ1n) is 4.42. The number of hydrogen-bond acceptors (Lipinski definition) is 4. The van der Waals surface area contributed by atoms with Crippen molar-refractivity contribution >= 4 is 27.6 Å². The number of benzene rings is 1. The van der Waals surface area contributed by atoms with Gasteiger partial charge in [0.25, 0.3) is 10.0 Å². The van der Waals surface area contributed by atoms with Gasteiger partial charge in [-0.05, 0) is 6.07 Å². The average molecular weight is 252 g/mol. The van der Waals surface area contributed by atoms with E-state index in [4.69, 9.17) is 0 Å². The second-order valence-electron chi connectivity index (χ2n) is 2.92. The largest absolute Gasteiger partial charge is 0.282 e. The van der Waals surface area contributed by atoms with Gasteiger partial charge in [-0.2, -0.15) is 12.8 Å². The molecular formula is C10H8N2O2S2. The van der Waals surface area contributed by atoms with Crippen molar-refractivity contribution in [1.82, 2.24) is 4.98 Å². The molecule has 3 rings (SSSR count). The molecule has 0 saturated heterocycles. The van der Waals surface area contributed by atoms with Crippen molar-refractivity contribution in [2.45, 2.75) is 4.90 Å². The zero-order chi connectivity index (χ0) is 11.4. The summed E-state index contributed by atoms with van der Waals surface area (Å²) >= 11 is 1.60. The minimum Gasteiger partial charge on any atom is -0.253 e. The molecule has 2 heterocycles. The monoisotopic (exact) mass is 252 g/mol. The number of rotatable bonds is 0. The summed E-state index contributed by atoms with van der Waals surface area (Å²) in [6.07, 6.45) is 3.13. The molecule has 0 N–H and O–H groups in total. The number of aromatic nitrogens is 1. The Kier molecular flexibility index (Phi) is 3.12. The smallest absolute Gasteiger partial charge is 0.253 e. The molecule has 0 bridgehead atoms. The molecule has 1 aromatic carbocycles. The first kappa shape index (κ1) is 11.0. The summed E-state index contributed by atoms with van der Waals surface area (Å²) in [5, 5.41) is 1.93. The molecule has 0 spiro atoms. The van der Waals surface area contributed by atoms with Crippen LogP contribution < -0.4 is 0 Å². The third-order valence-electron chi connectivity index (χ3n) is 1.87. The Morgan fingerprint density at radius 3 is 2.56 bits per heavy atom. The van der Waals surface area contributed by atoms with Crippen LogP contribution in [-0.4, -0.2) is 19.6 Å². The lowest BCUT2D eigenvalue weighted by Crippen LogP contribution is -1.91. The standard InChI is InChI=1S/C7H5NO2S.C3H3NS/c9-11(10)7-4-2-1-3-6(7)5-8-11;1-2-5-3-4-1/h1-5H;1-3H. The predicted molar refractivity (Wildman–Crippen MR) is 63.3 cm³/mol. The van der Waals surface area contributed by atoms with E-state index < -0.39 is 10.0 Å². The molecule has 0 fully saturated rings. The molecule has 2 aromatic rings. The minimum atomic E-state index is -3.34. The molecular weight excluding hydrogens is 244 g/mol. The third kappa shape index (κ3) is 2.34. The van der Waals surface area contributed by atoms with Gasteiger partial charge in [-0.15, -0.1) is 11.3 Å². The van der Waals surface area contributed by atoms with E-state index in [1.54, 1.807) is 47.3 Å². The molecule has 4 nitrogen and oxygen atoms in total. The summed E-state index contributed by atoms with van der Waals surface area (Å²) in [5.41, 5.74) is 2.47. The maximum Gasteiger partial charge on any atom is 0.282 e. The third-order valence-corrected chi connectivity index (χ3v) is 3.71. The van der Waals surface area contributed by atoms with Gasteiger partial charge in [0.05, 0.1) is 10.4 Å². The lowest BCUT2D eigenvalue weighted by molar-refractivity contribution is 0.599. The minimum absolute atomic E-state index is 0.306. The van der Waals surface area contributed by atoms with E-state index in [1.165, 1.54) is 6.21 Å². The first-order chi connectivity index (χ1) is 7.70. The Balaban J connectivity index is 0.000000162. The van der Waals surface area contributed by atoms with Crippen molar-refractivity contribution in [3.8, 4) is 0 Å². The zero-order valence-electron chi connectivity index (χ0n) is 8.15. The van der Waals surface area contributed by atoms with Crippen LogP contribution in [0.3, 0.4) is 0 Å². The van der Waals surface area contributed by atoms with Crippen LogP contribution in [0.5, 0.6) is 0 Å². The van der Waals surface area contributed by atoms with Crippen molar-refractivity contribution in [3.05, 3.63) is 46.9 Å². The van der Waals surface area contributed by atoms with Crippen molar-refractivity contribution in [2.24, 2.45) is 4.40 Å². The lowest BCUT2D eigenvalue weighted by atomic mass is 10.2. The molecule has 0 aliphatic carbocycles. The van der Waals surface area contributed by atoms with Crippen LogP contribution in [0.15, 0.2) is 50.6 Å². The molecule has 0 unspecified atom stereocenters. The van der Waals surface area contributed by atoms with Gasteiger partial charge in [0.2, 0.25) is 0 Å². The summed E-state index contributed by atoms with van der Waals surface area (Å²) in [6, 6.07) is 6.75. The topological polar surface area (TPSA) is 59.4 Å². The zero-order valence-corrected chi connectivity index (χ0v) is 9.78. The highest BCUT2D eigenvalue weighted by atomic mass is 32.2. The fourth-order valence-electron chi connectivity index (χ4n) is 1.18. The summed E-state index contributed by atoms with van der Waals surface area (Å²) in [5.74, 6) is 0. The predicted octanol–water partition coefficient (Wildman–Crippen LogP) is 1.95. The Morgan fingerprint density at radius 1 is 1.19 bits per heavy atom. The Bertz CT molecular complexity index is 572. The molecule has 1 aliphatic rings. The molecule has 0 amide bonds. The van der Waals surface area contributed by atoms with Gasteiger partial charge in [0, 0.05) is 23.4 Å². The van der Waals surface area contributed by atoms with Crippen molar-refractivity contribution in [3.63, 3.8) is 0 Å². The second kappa shape index (κ2) is 4.54. The van der Waals surface area contributed by atoms with Gasteiger partial charge in [-0.25, -0.2) is 0 Å². The highest BCUT2D eigenvalue weighted by Crippen LogP contribution is 2.21. The molecule has 6 heteroatoms. The highest BCUT2D eigenvalue weighted by molar-refractivity contribution is 7.90. The Hall–Kier alpha value is -1.53. The van der Waals surface area contributed by atoms with Gasteiger partial charge in [0.1, 0.15) is 0 Å². The fourth-order valence-corrected chi connectivity index (χ4v) is 2.57. The van der Waals surface area contributed by atoms with Crippen LogP contribution in [0.25, 0.3) is 0 Å². The summed E-state index contributed by atoms with van der Waals surface area (Å²) in [4.78, 5) is 4.05. The molecule has 0 atom stereocenters. The van der Waals surface area contributed by atoms with Gasteiger partial charge in [-0.1, -0.05) is 18.2 Å². The van der Waals surface area contributed by atoms with Crippen LogP contribution >= 0.6 is 11.3 Å². The molecule has 1 aromatic heterocycles. The van der Waals surface area contributed by atoms with E-state index in [2.05, 4.69) is 9.38 Å². The normalized spacial score (nSPS) is 15.0. The molecule has 82 valence electrons. The fraction of sp³-hybridized carbons (Fsp3) is 0. The van der Waals surface area contributed by atoms with E-state index in [9.17, 15) is 8.42 Å². The molecule has 1 aliphatic heterocycles. The summed E-state index contributed by atoms with van der Waals surface area (Å²) in [7, 11) is -3.34. The number of sulfonamides is 1. The van der Waals surface area contributed by atoms with Gasteiger partial charge >= 0.3 is 0 Å². The van der Waals surface area contributed by atoms with Gasteiger partial charge in [-0.3, -0.25) is 4.98 Å². The second-order valence-corrected chi connectivity index (χ2v) is 5.28. The Labute approximate surface area is 97.4 Å². The number of hydrogen-bond donors (Lipinski definition) is 0. The highest BCUT2D eigenvalue weighted by Gasteiger charge is 2.20. The summed E-state index contributed by atoms with van der Waals surface area (Å²) < 4.78 is 25.5. The van der Waals surface area contributed by atoms with Gasteiger partial charge in [0.15, 0.2) is 0 Å². The summed E-state index contributed by atoms with van der Waals surface area (Å²) in [6.45, 7) is 0. The van der Waals surface area contributed by atoms with E-state index in [1.807, 2.05) is 5.38 Å². The molecule has 0 radical (unpaired) electrons. The maximum absolute atomic E-state index is 11.1. The van der Waals surface area contributed by atoms with E-state index in [0.29, 0.717) is 10.5 Å². The van der Waals surface area contributed by atoms with Crippen LogP contribution in [0, 0.1) is 0 Å². The van der Waals surface area contributed by atoms with E-state index >= 15 is 0 Å². The number of fused-ring (bicyclic) bond motifs is 1. The van der Waals surface area contributed by atoms with Crippen molar-refractivity contribution < 1.29 is 8.42 Å². The number of thiazole rings is 1. The van der Waals surface area contributed by atoms with Crippen LogP contribution in [-0.2, 0) is 10.0 Å². The average Bonchev–Trinajstić information content (AvgIpc) is 2.92.